The Morgan fingerprint density at radius 1 is 1.06 bits per heavy atom. The summed E-state index contributed by atoms with van der Waals surface area (Å²) in [5.74, 6) is 2.52. The van der Waals surface area contributed by atoms with Gasteiger partial charge in [0, 0.05) is 69.7 Å². The van der Waals surface area contributed by atoms with Crippen LogP contribution in [0.25, 0.3) is 0 Å². The van der Waals surface area contributed by atoms with Crippen LogP contribution < -0.4 is 25.0 Å². The minimum absolute atomic E-state index is 0. The number of guanidine groups is 1. The maximum Gasteiger partial charge on any atom is 0.191 e. The Balaban J connectivity index is 0.00000385. The number of hydrogen-bond acceptors (Lipinski definition) is 5. The molecular weight excluding hydrogens is 529 g/mol. The average Bonchev–Trinajstić information content (AvgIpc) is 2.84. The minimum atomic E-state index is 0. The predicted octanol–water partition coefficient (Wildman–Crippen LogP) is 3.59. The van der Waals surface area contributed by atoms with Gasteiger partial charge in [0.2, 0.25) is 0 Å². The van der Waals surface area contributed by atoms with Crippen molar-refractivity contribution in [3.8, 4) is 11.5 Å². The van der Waals surface area contributed by atoms with E-state index >= 15 is 0 Å². The van der Waals surface area contributed by atoms with Crippen LogP contribution in [0.3, 0.4) is 0 Å². The maximum absolute atomic E-state index is 5.42. The van der Waals surface area contributed by atoms with Gasteiger partial charge in [-0.1, -0.05) is 30.3 Å². The molecule has 0 spiro atoms. The first-order chi connectivity index (χ1) is 15.6. The number of anilines is 1. The third-order valence-corrected chi connectivity index (χ3v) is 5.84. The molecule has 0 unspecified atom stereocenters. The van der Waals surface area contributed by atoms with Crippen molar-refractivity contribution < 1.29 is 9.47 Å². The fraction of sp³-hybridized carbons (Fsp3) is 0.480. The standard InChI is InChI=1S/C25H37N5O2.HI/c1-26-25(27-12-15-29(2)19-20-8-6-5-7-9-20)28-21-10-13-30(14-11-21)22-16-23(31-3)18-24(17-22)32-4;/h5-9,16-18,21H,10-15,19H2,1-4H3,(H2,26,27,28);1H. The lowest BCUT2D eigenvalue weighted by molar-refractivity contribution is 0.330. The molecule has 1 heterocycles. The number of benzene rings is 2. The van der Waals surface area contributed by atoms with Crippen molar-refractivity contribution in [2.24, 2.45) is 4.99 Å². The van der Waals surface area contributed by atoms with Crippen LogP contribution >= 0.6 is 24.0 Å². The lowest BCUT2D eigenvalue weighted by atomic mass is 10.0. The molecule has 0 bridgehead atoms. The summed E-state index contributed by atoms with van der Waals surface area (Å²) in [7, 11) is 7.36. The fourth-order valence-corrected chi connectivity index (χ4v) is 3.98. The number of aliphatic imine (C=N–C) groups is 1. The third kappa shape index (κ3) is 8.58. The van der Waals surface area contributed by atoms with E-state index in [0.717, 1.165) is 68.7 Å². The Morgan fingerprint density at radius 3 is 2.27 bits per heavy atom. The van der Waals surface area contributed by atoms with Crippen molar-refractivity contribution in [3.63, 3.8) is 0 Å². The molecule has 7 nitrogen and oxygen atoms in total. The van der Waals surface area contributed by atoms with Crippen molar-refractivity contribution in [3.05, 3.63) is 54.1 Å². The Kier molecular flexibility index (Phi) is 11.6. The van der Waals surface area contributed by atoms with Crippen LogP contribution in [0.2, 0.25) is 0 Å². The van der Waals surface area contributed by atoms with E-state index in [-0.39, 0.29) is 24.0 Å². The molecule has 1 fully saturated rings. The molecule has 33 heavy (non-hydrogen) atoms. The quantitative estimate of drug-likeness (QED) is 0.275. The first kappa shape index (κ1) is 27.0. The highest BCUT2D eigenvalue weighted by Gasteiger charge is 2.21. The molecule has 8 heteroatoms. The summed E-state index contributed by atoms with van der Waals surface area (Å²) >= 11 is 0. The van der Waals surface area contributed by atoms with E-state index < -0.39 is 0 Å². The zero-order valence-electron chi connectivity index (χ0n) is 20.2. The van der Waals surface area contributed by atoms with Crippen LogP contribution in [0.15, 0.2) is 53.5 Å². The molecule has 2 N–H and O–H groups in total. The van der Waals surface area contributed by atoms with Crippen LogP contribution in [0.1, 0.15) is 18.4 Å². The second-order valence-electron chi connectivity index (χ2n) is 8.20. The first-order valence-corrected chi connectivity index (χ1v) is 11.3. The van der Waals surface area contributed by atoms with Crippen molar-refractivity contribution >= 4 is 35.6 Å². The van der Waals surface area contributed by atoms with Crippen molar-refractivity contribution in [2.45, 2.75) is 25.4 Å². The molecule has 0 aromatic heterocycles. The van der Waals surface area contributed by atoms with Crippen molar-refractivity contribution in [1.82, 2.24) is 15.5 Å². The normalized spacial score (nSPS) is 14.6. The summed E-state index contributed by atoms with van der Waals surface area (Å²) in [6.45, 7) is 4.70. The van der Waals surface area contributed by atoms with Gasteiger partial charge in [-0.25, -0.2) is 0 Å². The fourth-order valence-electron chi connectivity index (χ4n) is 3.98. The van der Waals surface area contributed by atoms with E-state index in [4.69, 9.17) is 9.47 Å². The second kappa shape index (κ2) is 14.1. The molecule has 0 amide bonds. The number of piperidine rings is 1. The maximum atomic E-state index is 5.42. The van der Waals surface area contributed by atoms with E-state index in [9.17, 15) is 0 Å². The Morgan fingerprint density at radius 2 is 1.70 bits per heavy atom. The number of ether oxygens (including phenoxy) is 2. The molecule has 2 aromatic carbocycles. The lowest BCUT2D eigenvalue weighted by Crippen LogP contribution is -2.49. The van der Waals surface area contributed by atoms with Gasteiger partial charge in [-0.05, 0) is 25.5 Å². The van der Waals surface area contributed by atoms with Gasteiger partial charge in [0.25, 0.3) is 0 Å². The van der Waals surface area contributed by atoms with Gasteiger partial charge in [0.15, 0.2) is 5.96 Å². The summed E-state index contributed by atoms with van der Waals surface area (Å²) in [6, 6.07) is 17.0. The summed E-state index contributed by atoms with van der Waals surface area (Å²) in [6.07, 6.45) is 2.10. The highest BCUT2D eigenvalue weighted by Crippen LogP contribution is 2.30. The average molecular weight is 568 g/mol. The van der Waals surface area contributed by atoms with Gasteiger partial charge in [-0.2, -0.15) is 0 Å². The molecule has 1 aliphatic heterocycles. The number of likely N-dealkylation sites (N-methyl/N-ethyl adjacent to an activating group) is 1. The van der Waals surface area contributed by atoms with Gasteiger partial charge in [0.05, 0.1) is 14.2 Å². The molecule has 3 rings (SSSR count). The number of hydrogen-bond donors (Lipinski definition) is 2. The topological polar surface area (TPSA) is 61.4 Å². The van der Waals surface area contributed by atoms with Gasteiger partial charge >= 0.3 is 0 Å². The smallest absolute Gasteiger partial charge is 0.191 e. The number of methoxy groups -OCH3 is 2. The Labute approximate surface area is 215 Å². The summed E-state index contributed by atoms with van der Waals surface area (Å²) in [5.41, 5.74) is 2.47. The van der Waals surface area contributed by atoms with E-state index in [1.807, 2.05) is 13.1 Å². The number of nitrogens with zero attached hydrogens (tertiary/aromatic N) is 3. The molecule has 1 aliphatic rings. The van der Waals surface area contributed by atoms with Crippen LogP contribution in [-0.4, -0.2) is 71.4 Å². The van der Waals surface area contributed by atoms with Crippen LogP contribution in [0.5, 0.6) is 11.5 Å². The highest BCUT2D eigenvalue weighted by molar-refractivity contribution is 14.0. The lowest BCUT2D eigenvalue weighted by Gasteiger charge is -2.35. The zero-order valence-corrected chi connectivity index (χ0v) is 22.5. The van der Waals surface area contributed by atoms with E-state index in [1.54, 1.807) is 14.2 Å². The Bertz CT molecular complexity index is 835. The minimum Gasteiger partial charge on any atom is -0.497 e. The molecule has 0 radical (unpaired) electrons. The SMILES string of the molecule is CN=C(NCCN(C)Cc1ccccc1)NC1CCN(c2cc(OC)cc(OC)c2)CC1.I. The molecule has 2 aromatic rings. The van der Waals surface area contributed by atoms with Gasteiger partial charge in [-0.3, -0.25) is 4.99 Å². The summed E-state index contributed by atoms with van der Waals surface area (Å²) < 4.78 is 10.8. The highest BCUT2D eigenvalue weighted by atomic mass is 127. The van der Waals surface area contributed by atoms with Gasteiger partial charge in [0.1, 0.15) is 11.5 Å². The first-order valence-electron chi connectivity index (χ1n) is 11.3. The van der Waals surface area contributed by atoms with Gasteiger partial charge < -0.3 is 29.9 Å². The van der Waals surface area contributed by atoms with E-state index in [2.05, 4.69) is 74.9 Å². The number of halogens is 1. The molecule has 0 aliphatic carbocycles. The van der Waals surface area contributed by atoms with Crippen LogP contribution in [-0.2, 0) is 6.54 Å². The molecule has 0 saturated carbocycles. The third-order valence-electron chi connectivity index (χ3n) is 5.84. The summed E-state index contributed by atoms with van der Waals surface area (Å²) in [4.78, 5) is 9.12. The van der Waals surface area contributed by atoms with Crippen LogP contribution in [0.4, 0.5) is 5.69 Å². The largest absolute Gasteiger partial charge is 0.497 e. The summed E-state index contributed by atoms with van der Waals surface area (Å²) in [5, 5.41) is 7.05. The van der Waals surface area contributed by atoms with Crippen LogP contribution in [0, 0.1) is 0 Å². The molecule has 1 saturated heterocycles. The van der Waals surface area contributed by atoms with E-state index in [1.165, 1.54) is 5.56 Å². The molecule has 0 atom stereocenters. The zero-order chi connectivity index (χ0) is 22.8. The number of nitrogens with one attached hydrogen (secondary N) is 2. The second-order valence-corrected chi connectivity index (χ2v) is 8.20. The monoisotopic (exact) mass is 567 g/mol. The van der Waals surface area contributed by atoms with Gasteiger partial charge in [-0.15, -0.1) is 24.0 Å². The van der Waals surface area contributed by atoms with Crippen molar-refractivity contribution in [1.29, 1.82) is 0 Å². The molecule has 182 valence electrons. The predicted molar refractivity (Wildman–Crippen MR) is 147 cm³/mol. The van der Waals surface area contributed by atoms with E-state index in [0.29, 0.717) is 6.04 Å². The number of rotatable bonds is 9. The Hall–Kier alpha value is -2.20. The van der Waals surface area contributed by atoms with Crippen molar-refractivity contribution in [2.75, 3.05) is 59.4 Å². The molecular formula is C25H38IN5O2.